The molecule has 0 atom stereocenters. The molecule has 0 unspecified atom stereocenters. The first kappa shape index (κ1) is 21.1. The molecule has 0 amide bonds. The second kappa shape index (κ2) is 8.64. The van der Waals surface area contributed by atoms with Gasteiger partial charge >= 0.3 is 0 Å². The Hall–Kier alpha value is -3.76. The number of fused-ring (bicyclic) bond motifs is 1. The van der Waals surface area contributed by atoms with Gasteiger partial charge in [0, 0.05) is 43.7 Å². The summed E-state index contributed by atoms with van der Waals surface area (Å²) >= 11 is 6.44. The van der Waals surface area contributed by atoms with E-state index in [0.29, 0.717) is 31.1 Å². The molecular weight excluding hydrogens is 446 g/mol. The van der Waals surface area contributed by atoms with Gasteiger partial charge in [-0.05, 0) is 18.2 Å². The number of para-hydroxylation sites is 1. The van der Waals surface area contributed by atoms with Crippen molar-refractivity contribution in [1.82, 2.24) is 24.5 Å². The fraction of sp³-hybridized carbons (Fsp3) is 0.227. The van der Waals surface area contributed by atoms with E-state index in [-0.39, 0.29) is 16.3 Å². The standard InChI is InChI=1S/C22H20ClN7O3/c23-21-20(14-25-29(22(21)31)17-4-2-1-3-5-17)27-10-8-26(9-11-27)15-28-19-7-6-18(30(32)33)12-16(19)13-24-28/h1-7,12-14H,8-11,15H2. The third-order valence-corrected chi connectivity index (χ3v) is 6.14. The van der Waals surface area contributed by atoms with Crippen molar-refractivity contribution < 1.29 is 4.92 Å². The zero-order valence-corrected chi connectivity index (χ0v) is 18.3. The summed E-state index contributed by atoms with van der Waals surface area (Å²) in [5.41, 5.74) is 1.85. The Morgan fingerprint density at radius 2 is 1.76 bits per heavy atom. The van der Waals surface area contributed by atoms with E-state index >= 15 is 0 Å². The number of hydrogen-bond acceptors (Lipinski definition) is 7. The van der Waals surface area contributed by atoms with Gasteiger partial charge in [0.2, 0.25) is 0 Å². The third kappa shape index (κ3) is 4.06. The highest BCUT2D eigenvalue weighted by Gasteiger charge is 2.22. The van der Waals surface area contributed by atoms with Gasteiger partial charge in [0.25, 0.3) is 11.2 Å². The van der Waals surface area contributed by atoms with Crippen molar-refractivity contribution in [3.05, 3.63) is 86.4 Å². The first-order valence-electron chi connectivity index (χ1n) is 10.4. The molecule has 2 aromatic carbocycles. The van der Waals surface area contributed by atoms with Crippen LogP contribution in [0.2, 0.25) is 5.02 Å². The van der Waals surface area contributed by atoms with E-state index < -0.39 is 4.92 Å². The van der Waals surface area contributed by atoms with Gasteiger partial charge in [-0.3, -0.25) is 24.5 Å². The molecule has 11 heteroatoms. The van der Waals surface area contributed by atoms with Gasteiger partial charge in [-0.15, -0.1) is 0 Å². The molecule has 4 aromatic rings. The summed E-state index contributed by atoms with van der Waals surface area (Å²) < 4.78 is 3.14. The molecule has 0 spiro atoms. The lowest BCUT2D eigenvalue weighted by atomic mass is 10.2. The Morgan fingerprint density at radius 1 is 1.00 bits per heavy atom. The number of nitro benzene ring substituents is 1. The Labute approximate surface area is 193 Å². The predicted molar refractivity (Wildman–Crippen MR) is 125 cm³/mol. The van der Waals surface area contributed by atoms with Gasteiger partial charge < -0.3 is 4.90 Å². The van der Waals surface area contributed by atoms with E-state index in [9.17, 15) is 14.9 Å². The van der Waals surface area contributed by atoms with Crippen molar-refractivity contribution in [2.45, 2.75) is 6.67 Å². The molecule has 5 rings (SSSR count). The number of piperazine rings is 1. The van der Waals surface area contributed by atoms with Crippen LogP contribution in [0, 0.1) is 10.1 Å². The molecule has 3 heterocycles. The molecule has 1 aliphatic rings. The van der Waals surface area contributed by atoms with Crippen molar-refractivity contribution >= 4 is 33.9 Å². The number of rotatable bonds is 5. The average molecular weight is 466 g/mol. The number of nitro groups is 1. The van der Waals surface area contributed by atoms with Crippen molar-refractivity contribution in [2.75, 3.05) is 31.1 Å². The van der Waals surface area contributed by atoms with Crippen LogP contribution in [0.3, 0.4) is 0 Å². The van der Waals surface area contributed by atoms with Crippen LogP contribution in [0.15, 0.2) is 65.7 Å². The molecule has 0 bridgehead atoms. The summed E-state index contributed by atoms with van der Waals surface area (Å²) in [6.07, 6.45) is 3.28. The molecule has 1 fully saturated rings. The molecule has 0 saturated carbocycles. The first-order valence-corrected chi connectivity index (χ1v) is 10.8. The summed E-state index contributed by atoms with van der Waals surface area (Å²) in [6, 6.07) is 13.9. The predicted octanol–water partition coefficient (Wildman–Crippen LogP) is 2.92. The van der Waals surface area contributed by atoms with Gasteiger partial charge in [0.05, 0.1) is 40.9 Å². The van der Waals surface area contributed by atoms with E-state index in [4.69, 9.17) is 11.6 Å². The first-order chi connectivity index (χ1) is 16.0. The monoisotopic (exact) mass is 465 g/mol. The zero-order valence-electron chi connectivity index (χ0n) is 17.5. The maximum Gasteiger partial charge on any atom is 0.292 e. The highest BCUT2D eigenvalue weighted by molar-refractivity contribution is 6.33. The molecule has 0 radical (unpaired) electrons. The lowest BCUT2D eigenvalue weighted by Crippen LogP contribution is -2.47. The molecule has 0 N–H and O–H groups in total. The van der Waals surface area contributed by atoms with Crippen LogP contribution >= 0.6 is 11.6 Å². The smallest absolute Gasteiger partial charge is 0.292 e. The SMILES string of the molecule is O=c1c(Cl)c(N2CCN(Cn3ncc4cc([N+](=O)[O-])ccc43)CC2)cnn1-c1ccccc1. The molecule has 168 valence electrons. The normalized spacial score (nSPS) is 14.6. The number of anilines is 1. The minimum absolute atomic E-state index is 0.0512. The second-order valence-corrected chi connectivity index (χ2v) is 8.17. The molecule has 10 nitrogen and oxygen atoms in total. The van der Waals surface area contributed by atoms with Crippen molar-refractivity contribution in [2.24, 2.45) is 0 Å². The number of non-ortho nitro benzene ring substituents is 1. The lowest BCUT2D eigenvalue weighted by Gasteiger charge is -2.36. The quantitative estimate of drug-likeness (QED) is 0.330. The maximum atomic E-state index is 12.8. The molecular formula is C22H20ClN7O3. The van der Waals surface area contributed by atoms with E-state index in [1.165, 1.54) is 16.8 Å². The van der Waals surface area contributed by atoms with Gasteiger partial charge in [0.15, 0.2) is 0 Å². The maximum absolute atomic E-state index is 12.8. The van der Waals surface area contributed by atoms with Crippen LogP contribution < -0.4 is 10.5 Å². The number of benzene rings is 2. The van der Waals surface area contributed by atoms with Gasteiger partial charge in [-0.1, -0.05) is 29.8 Å². The second-order valence-electron chi connectivity index (χ2n) is 7.79. The number of halogens is 1. The minimum atomic E-state index is -0.409. The van der Waals surface area contributed by atoms with E-state index in [0.717, 1.165) is 24.0 Å². The fourth-order valence-corrected chi connectivity index (χ4v) is 4.27. The van der Waals surface area contributed by atoms with Crippen LogP contribution in [-0.4, -0.2) is 55.6 Å². The largest absolute Gasteiger partial charge is 0.366 e. The fourth-order valence-electron chi connectivity index (χ4n) is 4.02. The lowest BCUT2D eigenvalue weighted by molar-refractivity contribution is -0.384. The summed E-state index contributed by atoms with van der Waals surface area (Å²) in [7, 11) is 0. The van der Waals surface area contributed by atoms with E-state index in [1.54, 1.807) is 30.6 Å². The Kier molecular flexibility index (Phi) is 5.53. The number of aromatic nitrogens is 4. The third-order valence-electron chi connectivity index (χ3n) is 5.78. The molecule has 0 aliphatic carbocycles. The molecule has 1 aliphatic heterocycles. The van der Waals surface area contributed by atoms with Crippen molar-refractivity contribution in [3.8, 4) is 5.69 Å². The van der Waals surface area contributed by atoms with Crippen LogP contribution in [0.1, 0.15) is 0 Å². The zero-order chi connectivity index (χ0) is 22.9. The van der Waals surface area contributed by atoms with Crippen molar-refractivity contribution in [1.29, 1.82) is 0 Å². The molecule has 1 saturated heterocycles. The Balaban J connectivity index is 1.28. The van der Waals surface area contributed by atoms with Crippen LogP contribution in [0.25, 0.3) is 16.6 Å². The average Bonchev–Trinajstić information content (AvgIpc) is 3.24. The van der Waals surface area contributed by atoms with Crippen molar-refractivity contribution in [3.63, 3.8) is 0 Å². The highest BCUT2D eigenvalue weighted by Crippen LogP contribution is 2.24. The van der Waals surface area contributed by atoms with Crippen LogP contribution in [-0.2, 0) is 6.67 Å². The summed E-state index contributed by atoms with van der Waals surface area (Å²) in [5, 5.41) is 20.6. The topological polar surface area (TPSA) is 102 Å². The van der Waals surface area contributed by atoms with Gasteiger partial charge in [0.1, 0.15) is 5.02 Å². The molecule has 33 heavy (non-hydrogen) atoms. The van der Waals surface area contributed by atoms with E-state index in [1.807, 2.05) is 22.9 Å². The number of hydrogen-bond donors (Lipinski definition) is 0. The van der Waals surface area contributed by atoms with Crippen LogP contribution in [0.5, 0.6) is 0 Å². The Bertz CT molecular complexity index is 1380. The summed E-state index contributed by atoms with van der Waals surface area (Å²) in [4.78, 5) is 27.6. The van der Waals surface area contributed by atoms with Gasteiger partial charge in [-0.25, -0.2) is 0 Å². The van der Waals surface area contributed by atoms with E-state index in [2.05, 4.69) is 20.0 Å². The summed E-state index contributed by atoms with van der Waals surface area (Å²) in [6.45, 7) is 3.41. The van der Waals surface area contributed by atoms with Crippen LogP contribution in [0.4, 0.5) is 11.4 Å². The minimum Gasteiger partial charge on any atom is -0.366 e. The van der Waals surface area contributed by atoms with Gasteiger partial charge in [-0.2, -0.15) is 14.9 Å². The molecule has 2 aromatic heterocycles. The Morgan fingerprint density at radius 3 is 2.48 bits per heavy atom. The summed E-state index contributed by atoms with van der Waals surface area (Å²) in [5.74, 6) is 0. The highest BCUT2D eigenvalue weighted by atomic mass is 35.5. The number of nitrogens with zero attached hydrogens (tertiary/aromatic N) is 7.